The number of hydrogen-bond donors (Lipinski definition) is 2. The van der Waals surface area contributed by atoms with Crippen LogP contribution in [0.4, 0.5) is 10.1 Å². The number of nitrogens with two attached hydrogens (primary N) is 1. The Balaban J connectivity index is 2.08. The highest BCUT2D eigenvalue weighted by atomic mass is 32.2. The molecular formula is C13H20FN3O2S. The number of hydrogen-bond acceptors (Lipinski definition) is 3. The van der Waals surface area contributed by atoms with Gasteiger partial charge in [0.15, 0.2) is 0 Å². The van der Waals surface area contributed by atoms with Crippen molar-refractivity contribution >= 4 is 15.9 Å². The fourth-order valence-electron chi connectivity index (χ4n) is 2.29. The maximum absolute atomic E-state index is 13.7. The Morgan fingerprint density at radius 3 is 2.60 bits per heavy atom. The van der Waals surface area contributed by atoms with Crippen LogP contribution in [0.1, 0.15) is 18.4 Å². The van der Waals surface area contributed by atoms with E-state index >= 15 is 0 Å². The molecule has 0 aliphatic carbocycles. The largest absolute Gasteiger partial charge is 0.330 e. The molecule has 0 bridgehead atoms. The third kappa shape index (κ3) is 3.47. The quantitative estimate of drug-likeness (QED) is 0.884. The monoisotopic (exact) mass is 301 g/mol. The number of rotatable bonds is 4. The zero-order valence-corrected chi connectivity index (χ0v) is 12.3. The van der Waals surface area contributed by atoms with Gasteiger partial charge in [0.05, 0.1) is 5.69 Å². The van der Waals surface area contributed by atoms with Crippen molar-refractivity contribution in [3.63, 3.8) is 0 Å². The van der Waals surface area contributed by atoms with E-state index in [4.69, 9.17) is 5.73 Å². The molecule has 1 saturated heterocycles. The first-order valence-corrected chi connectivity index (χ1v) is 8.10. The second kappa shape index (κ2) is 6.07. The van der Waals surface area contributed by atoms with E-state index in [1.54, 1.807) is 13.0 Å². The second-order valence-electron chi connectivity index (χ2n) is 5.17. The van der Waals surface area contributed by atoms with Crippen LogP contribution in [0.3, 0.4) is 0 Å². The number of benzene rings is 1. The number of nitrogens with one attached hydrogen (secondary N) is 1. The Morgan fingerprint density at radius 1 is 1.40 bits per heavy atom. The third-order valence-corrected chi connectivity index (χ3v) is 5.13. The smallest absolute Gasteiger partial charge is 0.301 e. The minimum atomic E-state index is -3.70. The highest BCUT2D eigenvalue weighted by molar-refractivity contribution is 7.90. The van der Waals surface area contributed by atoms with Gasteiger partial charge >= 0.3 is 10.2 Å². The fourth-order valence-corrected chi connectivity index (χ4v) is 3.56. The first kappa shape index (κ1) is 15.2. The second-order valence-corrected chi connectivity index (χ2v) is 6.84. The maximum atomic E-state index is 13.7. The van der Waals surface area contributed by atoms with Gasteiger partial charge in [-0.3, -0.25) is 4.72 Å². The summed E-state index contributed by atoms with van der Waals surface area (Å²) in [6.45, 7) is 3.17. The van der Waals surface area contributed by atoms with Gasteiger partial charge in [0.1, 0.15) is 5.82 Å². The molecule has 20 heavy (non-hydrogen) atoms. The first-order chi connectivity index (χ1) is 9.42. The van der Waals surface area contributed by atoms with Crippen LogP contribution < -0.4 is 10.5 Å². The molecule has 0 radical (unpaired) electrons. The average Bonchev–Trinajstić information content (AvgIpc) is 2.42. The molecule has 0 spiro atoms. The summed E-state index contributed by atoms with van der Waals surface area (Å²) in [7, 11) is -3.70. The molecule has 1 fully saturated rings. The van der Waals surface area contributed by atoms with Crippen molar-refractivity contribution in [2.24, 2.45) is 11.7 Å². The van der Waals surface area contributed by atoms with Crippen LogP contribution in [0.25, 0.3) is 0 Å². The summed E-state index contributed by atoms with van der Waals surface area (Å²) in [5.41, 5.74) is 6.31. The molecule has 1 heterocycles. The predicted molar refractivity (Wildman–Crippen MR) is 77.0 cm³/mol. The van der Waals surface area contributed by atoms with Gasteiger partial charge in [-0.2, -0.15) is 12.7 Å². The minimum Gasteiger partial charge on any atom is -0.330 e. The Morgan fingerprint density at radius 2 is 2.05 bits per heavy atom. The lowest BCUT2D eigenvalue weighted by atomic mass is 9.99. The number of aryl methyl sites for hydroxylation is 1. The minimum absolute atomic E-state index is 0.0171. The predicted octanol–water partition coefficient (Wildman–Crippen LogP) is 1.46. The molecule has 3 N–H and O–H groups in total. The molecule has 1 aromatic rings. The van der Waals surface area contributed by atoms with Gasteiger partial charge in [-0.15, -0.1) is 0 Å². The van der Waals surface area contributed by atoms with E-state index in [-0.39, 0.29) is 5.69 Å². The fraction of sp³-hybridized carbons (Fsp3) is 0.538. The molecule has 0 amide bonds. The standard InChI is InChI=1S/C13H20FN3O2S/c1-10-2-3-13(12(14)8-10)16-20(18,19)17-6-4-11(9-15)5-7-17/h2-3,8,11,16H,4-7,9,15H2,1H3. The van der Waals surface area contributed by atoms with Crippen molar-refractivity contribution in [2.45, 2.75) is 19.8 Å². The van der Waals surface area contributed by atoms with Crippen LogP contribution in [0.2, 0.25) is 0 Å². The topological polar surface area (TPSA) is 75.4 Å². The normalized spacial score (nSPS) is 18.1. The van der Waals surface area contributed by atoms with Crippen molar-refractivity contribution in [2.75, 3.05) is 24.4 Å². The Kier molecular flexibility index (Phi) is 4.62. The number of halogens is 1. The zero-order chi connectivity index (χ0) is 14.8. The van der Waals surface area contributed by atoms with E-state index in [0.717, 1.165) is 18.4 Å². The molecule has 7 heteroatoms. The Labute approximate surface area is 119 Å². The molecule has 1 aromatic carbocycles. The van der Waals surface area contributed by atoms with Crippen LogP contribution in [0, 0.1) is 18.7 Å². The summed E-state index contributed by atoms with van der Waals surface area (Å²) in [4.78, 5) is 0. The molecule has 0 atom stereocenters. The first-order valence-electron chi connectivity index (χ1n) is 6.66. The van der Waals surface area contributed by atoms with Gasteiger partial charge in [-0.1, -0.05) is 6.07 Å². The van der Waals surface area contributed by atoms with Crippen LogP contribution in [0.15, 0.2) is 18.2 Å². The number of nitrogens with zero attached hydrogens (tertiary/aromatic N) is 1. The van der Waals surface area contributed by atoms with Crippen molar-refractivity contribution in [3.05, 3.63) is 29.6 Å². The van der Waals surface area contributed by atoms with Crippen LogP contribution in [0.5, 0.6) is 0 Å². The molecule has 0 saturated carbocycles. The van der Waals surface area contributed by atoms with Gasteiger partial charge in [-0.05, 0) is 49.9 Å². The summed E-state index contributed by atoms with van der Waals surface area (Å²) in [5.74, 6) is -0.192. The SMILES string of the molecule is Cc1ccc(NS(=O)(=O)N2CCC(CN)CC2)c(F)c1. The van der Waals surface area contributed by atoms with Gasteiger partial charge in [-0.25, -0.2) is 4.39 Å². The molecule has 0 aromatic heterocycles. The van der Waals surface area contributed by atoms with E-state index < -0.39 is 16.0 Å². The third-order valence-electron chi connectivity index (χ3n) is 3.61. The number of piperidine rings is 1. The van der Waals surface area contributed by atoms with Crippen molar-refractivity contribution in [1.82, 2.24) is 4.31 Å². The van der Waals surface area contributed by atoms with Gasteiger partial charge in [0.2, 0.25) is 0 Å². The van der Waals surface area contributed by atoms with Crippen LogP contribution in [-0.4, -0.2) is 32.4 Å². The molecule has 112 valence electrons. The summed E-state index contributed by atoms with van der Waals surface area (Å²) in [6.07, 6.45) is 1.49. The molecule has 1 aliphatic heterocycles. The zero-order valence-electron chi connectivity index (χ0n) is 11.5. The van der Waals surface area contributed by atoms with E-state index in [9.17, 15) is 12.8 Å². The van der Waals surface area contributed by atoms with Gasteiger partial charge in [0.25, 0.3) is 0 Å². The number of anilines is 1. The highest BCUT2D eigenvalue weighted by Gasteiger charge is 2.27. The van der Waals surface area contributed by atoms with Crippen LogP contribution in [-0.2, 0) is 10.2 Å². The molecule has 2 rings (SSSR count). The lowest BCUT2D eigenvalue weighted by Crippen LogP contribution is -2.42. The van der Waals surface area contributed by atoms with Crippen LogP contribution >= 0.6 is 0 Å². The molecule has 5 nitrogen and oxygen atoms in total. The Bertz CT molecular complexity index is 569. The molecule has 1 aliphatic rings. The van der Waals surface area contributed by atoms with Crippen molar-refractivity contribution in [3.8, 4) is 0 Å². The lowest BCUT2D eigenvalue weighted by molar-refractivity contribution is 0.280. The molecule has 0 unspecified atom stereocenters. The Hall–Kier alpha value is -1.18. The van der Waals surface area contributed by atoms with Crippen molar-refractivity contribution in [1.29, 1.82) is 0 Å². The summed E-state index contributed by atoms with van der Waals surface area (Å²) in [6, 6.07) is 4.41. The van der Waals surface area contributed by atoms with E-state index in [2.05, 4.69) is 4.72 Å². The summed E-state index contributed by atoms with van der Waals surface area (Å²) >= 11 is 0. The van der Waals surface area contributed by atoms with Gasteiger partial charge in [0, 0.05) is 13.1 Å². The lowest BCUT2D eigenvalue weighted by Gasteiger charge is -2.30. The van der Waals surface area contributed by atoms with E-state index in [1.807, 2.05) is 0 Å². The average molecular weight is 301 g/mol. The highest BCUT2D eigenvalue weighted by Crippen LogP contribution is 2.22. The molecular weight excluding hydrogens is 281 g/mol. The maximum Gasteiger partial charge on any atom is 0.301 e. The van der Waals surface area contributed by atoms with E-state index in [0.29, 0.717) is 25.6 Å². The van der Waals surface area contributed by atoms with E-state index in [1.165, 1.54) is 16.4 Å². The summed E-state index contributed by atoms with van der Waals surface area (Å²) < 4.78 is 41.8. The van der Waals surface area contributed by atoms with Crippen molar-refractivity contribution < 1.29 is 12.8 Å². The summed E-state index contributed by atoms with van der Waals surface area (Å²) in [5, 5.41) is 0. The van der Waals surface area contributed by atoms with Gasteiger partial charge < -0.3 is 5.73 Å².